The minimum Gasteiger partial charge on any atom is -0.490 e. The zero-order valence-corrected chi connectivity index (χ0v) is 20.9. The van der Waals surface area contributed by atoms with E-state index in [2.05, 4.69) is 10.3 Å². The zero-order chi connectivity index (χ0) is 24.6. The Hall–Kier alpha value is -3.25. The first-order valence-corrected chi connectivity index (χ1v) is 12.4. The maximum atomic E-state index is 12.1. The van der Waals surface area contributed by atoms with Gasteiger partial charge in [-0.15, -0.1) is 0 Å². The van der Waals surface area contributed by atoms with Gasteiger partial charge in [0.1, 0.15) is 22.7 Å². The highest BCUT2D eigenvalue weighted by molar-refractivity contribution is 6.36. The number of rotatable bonds is 4. The van der Waals surface area contributed by atoms with Crippen LogP contribution in [-0.4, -0.2) is 28.8 Å². The molecule has 5 rings (SSSR count). The lowest BCUT2D eigenvalue weighted by atomic mass is 9.93. The van der Waals surface area contributed by atoms with Crippen molar-refractivity contribution in [2.24, 2.45) is 0 Å². The van der Waals surface area contributed by atoms with Gasteiger partial charge in [-0.25, -0.2) is 4.79 Å². The summed E-state index contributed by atoms with van der Waals surface area (Å²) < 4.78 is 17.8. The predicted octanol–water partition coefficient (Wildman–Crippen LogP) is 7.52. The summed E-state index contributed by atoms with van der Waals surface area (Å²) in [5.41, 5.74) is 1.20. The van der Waals surface area contributed by atoms with Crippen LogP contribution in [0, 0.1) is 0 Å². The number of fused-ring (bicyclic) bond motifs is 2. The molecule has 1 amide bonds. The number of carbonyl (C=O) groups is 1. The van der Waals surface area contributed by atoms with Crippen LogP contribution in [0.15, 0.2) is 59.3 Å². The molecular weight excluding hydrogens is 464 g/mol. The van der Waals surface area contributed by atoms with E-state index < -0.39 is 5.60 Å². The number of benzene rings is 2. The van der Waals surface area contributed by atoms with Crippen molar-refractivity contribution in [2.45, 2.75) is 64.2 Å². The van der Waals surface area contributed by atoms with Crippen molar-refractivity contribution in [3.63, 3.8) is 0 Å². The number of nitrogens with one attached hydrogen (secondary N) is 1. The molecule has 7 heteroatoms. The van der Waals surface area contributed by atoms with Crippen molar-refractivity contribution in [2.75, 3.05) is 0 Å². The van der Waals surface area contributed by atoms with E-state index in [0.29, 0.717) is 5.02 Å². The Morgan fingerprint density at radius 2 is 1.83 bits per heavy atom. The van der Waals surface area contributed by atoms with E-state index in [-0.39, 0.29) is 18.2 Å². The number of pyridine rings is 1. The number of para-hydroxylation sites is 1. The molecule has 0 aliphatic heterocycles. The minimum atomic E-state index is -0.503. The third-order valence-corrected chi connectivity index (χ3v) is 6.50. The number of hydrogen-bond donors (Lipinski definition) is 1. The normalized spacial score (nSPS) is 18.5. The molecule has 2 aromatic carbocycles. The van der Waals surface area contributed by atoms with Gasteiger partial charge in [-0.2, -0.15) is 0 Å². The van der Waals surface area contributed by atoms with E-state index in [9.17, 15) is 4.79 Å². The molecule has 0 spiro atoms. The molecule has 2 aromatic heterocycles. The summed E-state index contributed by atoms with van der Waals surface area (Å²) in [5.74, 6) is 1.46. The summed E-state index contributed by atoms with van der Waals surface area (Å²) in [7, 11) is 0. The molecule has 0 atom stereocenters. The summed E-state index contributed by atoms with van der Waals surface area (Å²) in [4.78, 5) is 16.5. The molecule has 0 unspecified atom stereocenters. The molecule has 4 aromatic rings. The summed E-state index contributed by atoms with van der Waals surface area (Å²) >= 11 is 6.64. The Balaban J connectivity index is 1.32. The van der Waals surface area contributed by atoms with Crippen molar-refractivity contribution in [3.05, 3.63) is 59.9 Å². The highest BCUT2D eigenvalue weighted by atomic mass is 35.5. The monoisotopic (exact) mass is 492 g/mol. The number of alkyl carbamates (subject to hydrolysis) is 1. The SMILES string of the molecule is CC(C)(C)OC(=O)N[C@H]1CC[C@H](Oc2cc(Cl)c3cncc(-c4cc5ccccc5o4)c3c2)CC1. The lowest BCUT2D eigenvalue weighted by Gasteiger charge is -2.30. The fraction of sp³-hybridized carbons (Fsp3) is 0.357. The van der Waals surface area contributed by atoms with E-state index in [0.717, 1.165) is 64.5 Å². The van der Waals surface area contributed by atoms with E-state index in [4.69, 9.17) is 25.5 Å². The van der Waals surface area contributed by atoms with Gasteiger partial charge in [0, 0.05) is 40.2 Å². The number of carbonyl (C=O) groups excluding carboxylic acids is 1. The second-order valence-electron chi connectivity index (χ2n) is 10.1. The van der Waals surface area contributed by atoms with Crippen molar-refractivity contribution < 1.29 is 18.7 Å². The van der Waals surface area contributed by atoms with E-state index >= 15 is 0 Å². The molecule has 1 saturated carbocycles. The van der Waals surface area contributed by atoms with Crippen LogP contribution in [0.5, 0.6) is 5.75 Å². The first-order chi connectivity index (χ1) is 16.7. The average molecular weight is 493 g/mol. The van der Waals surface area contributed by atoms with Crippen LogP contribution in [0.2, 0.25) is 5.02 Å². The van der Waals surface area contributed by atoms with Crippen LogP contribution in [0.4, 0.5) is 4.79 Å². The Labute approximate surface area is 209 Å². The second-order valence-corrected chi connectivity index (χ2v) is 10.5. The third-order valence-electron chi connectivity index (χ3n) is 6.19. The molecule has 6 nitrogen and oxygen atoms in total. The van der Waals surface area contributed by atoms with E-state index in [1.54, 1.807) is 12.4 Å². The first kappa shape index (κ1) is 23.5. The molecule has 1 fully saturated rings. The zero-order valence-electron chi connectivity index (χ0n) is 20.1. The third kappa shape index (κ3) is 5.38. The molecule has 1 aliphatic rings. The molecule has 35 heavy (non-hydrogen) atoms. The molecule has 1 N–H and O–H groups in total. The summed E-state index contributed by atoms with van der Waals surface area (Å²) in [5, 5.41) is 6.38. The lowest BCUT2D eigenvalue weighted by Crippen LogP contribution is -2.42. The highest BCUT2D eigenvalue weighted by Gasteiger charge is 2.26. The van der Waals surface area contributed by atoms with Crippen LogP contribution in [0.3, 0.4) is 0 Å². The Morgan fingerprint density at radius 1 is 1.06 bits per heavy atom. The maximum Gasteiger partial charge on any atom is 0.407 e. The van der Waals surface area contributed by atoms with Gasteiger partial charge in [0.15, 0.2) is 0 Å². The molecule has 0 saturated heterocycles. The Bertz CT molecular complexity index is 1330. The second kappa shape index (κ2) is 9.42. The van der Waals surface area contributed by atoms with Gasteiger partial charge in [-0.3, -0.25) is 4.98 Å². The number of aromatic nitrogens is 1. The lowest BCUT2D eigenvalue weighted by molar-refractivity contribution is 0.0471. The standard InChI is InChI=1S/C28H29ClN2O4/c1-28(2,3)35-27(32)31-18-8-10-19(11-9-18)33-20-13-21-22(24(29)14-20)15-30-16-23(21)26-12-17-6-4-5-7-25(17)34-26/h4-7,12-16,18-19H,8-11H2,1-3H3,(H,31,32)/t18-,19-. The van der Waals surface area contributed by atoms with Crippen molar-refractivity contribution in [1.82, 2.24) is 10.3 Å². The van der Waals surface area contributed by atoms with Crippen molar-refractivity contribution in [1.29, 1.82) is 0 Å². The van der Waals surface area contributed by atoms with E-state index in [1.165, 1.54) is 0 Å². The number of halogens is 1. The smallest absolute Gasteiger partial charge is 0.407 e. The number of ether oxygens (including phenoxy) is 2. The molecule has 0 radical (unpaired) electrons. The van der Waals surface area contributed by atoms with Gasteiger partial charge < -0.3 is 19.2 Å². The number of amides is 1. The van der Waals surface area contributed by atoms with Gasteiger partial charge >= 0.3 is 6.09 Å². The molecule has 1 aliphatic carbocycles. The van der Waals surface area contributed by atoms with Crippen LogP contribution in [0.25, 0.3) is 33.1 Å². The summed E-state index contributed by atoms with van der Waals surface area (Å²) in [6.45, 7) is 5.59. The van der Waals surface area contributed by atoms with Crippen LogP contribution < -0.4 is 10.1 Å². The Morgan fingerprint density at radius 3 is 2.57 bits per heavy atom. The first-order valence-electron chi connectivity index (χ1n) is 12.0. The number of hydrogen-bond acceptors (Lipinski definition) is 5. The quantitative estimate of drug-likeness (QED) is 0.319. The van der Waals surface area contributed by atoms with Gasteiger partial charge in [0.2, 0.25) is 0 Å². The van der Waals surface area contributed by atoms with Crippen LogP contribution in [0.1, 0.15) is 46.5 Å². The molecule has 182 valence electrons. The van der Waals surface area contributed by atoms with E-state index in [1.807, 2.05) is 63.2 Å². The summed E-state index contributed by atoms with van der Waals surface area (Å²) in [6, 6.07) is 13.9. The van der Waals surface area contributed by atoms with Crippen molar-refractivity contribution >= 4 is 39.4 Å². The predicted molar refractivity (Wildman–Crippen MR) is 138 cm³/mol. The number of nitrogens with zero attached hydrogens (tertiary/aromatic N) is 1. The van der Waals surface area contributed by atoms with Gasteiger partial charge in [-0.05, 0) is 70.7 Å². The largest absolute Gasteiger partial charge is 0.490 e. The fourth-order valence-corrected chi connectivity index (χ4v) is 4.83. The van der Waals surface area contributed by atoms with Crippen molar-refractivity contribution in [3.8, 4) is 17.1 Å². The Kier molecular flexibility index (Phi) is 6.32. The summed E-state index contributed by atoms with van der Waals surface area (Å²) in [6.07, 6.45) is 6.59. The minimum absolute atomic E-state index is 0.0525. The molecular formula is C28H29ClN2O4. The average Bonchev–Trinajstić information content (AvgIpc) is 3.23. The molecule has 2 heterocycles. The van der Waals surface area contributed by atoms with Crippen LogP contribution >= 0.6 is 11.6 Å². The van der Waals surface area contributed by atoms with Gasteiger partial charge in [0.25, 0.3) is 0 Å². The van der Waals surface area contributed by atoms with Gasteiger partial charge in [0.05, 0.1) is 11.1 Å². The fourth-order valence-electron chi connectivity index (χ4n) is 4.57. The number of furan rings is 1. The molecule has 0 bridgehead atoms. The van der Waals surface area contributed by atoms with Gasteiger partial charge in [-0.1, -0.05) is 29.8 Å². The highest BCUT2D eigenvalue weighted by Crippen LogP contribution is 2.38. The topological polar surface area (TPSA) is 73.6 Å². The maximum absolute atomic E-state index is 12.1. The van der Waals surface area contributed by atoms with Crippen LogP contribution in [-0.2, 0) is 4.74 Å².